The van der Waals surface area contributed by atoms with Crippen LogP contribution in [0.1, 0.15) is 12.8 Å². The molecule has 1 fully saturated rings. The van der Waals surface area contributed by atoms with Gasteiger partial charge in [-0.15, -0.1) is 0 Å². The Hall–Kier alpha value is -1.58. The molecular formula is C16H15Cl2NO2. The van der Waals surface area contributed by atoms with Crippen LogP contribution in [0.15, 0.2) is 36.4 Å². The first kappa shape index (κ1) is 14.4. The van der Waals surface area contributed by atoms with Crippen molar-refractivity contribution in [3.63, 3.8) is 0 Å². The van der Waals surface area contributed by atoms with Gasteiger partial charge in [0.25, 0.3) is 0 Å². The molecule has 0 atom stereocenters. The van der Waals surface area contributed by atoms with Gasteiger partial charge < -0.3 is 15.2 Å². The third-order valence-electron chi connectivity index (χ3n) is 3.26. The van der Waals surface area contributed by atoms with Gasteiger partial charge >= 0.3 is 0 Å². The van der Waals surface area contributed by atoms with Crippen molar-refractivity contribution in [2.75, 3.05) is 12.3 Å². The van der Waals surface area contributed by atoms with Gasteiger partial charge in [0.15, 0.2) is 0 Å². The number of anilines is 1. The lowest BCUT2D eigenvalue weighted by Crippen LogP contribution is -1.99. The Morgan fingerprint density at radius 2 is 1.81 bits per heavy atom. The largest absolute Gasteiger partial charge is 0.492 e. The van der Waals surface area contributed by atoms with E-state index in [1.54, 1.807) is 36.4 Å². The van der Waals surface area contributed by atoms with Crippen molar-refractivity contribution in [3.8, 4) is 17.2 Å². The summed E-state index contributed by atoms with van der Waals surface area (Å²) in [5, 5.41) is 1.04. The van der Waals surface area contributed by atoms with E-state index >= 15 is 0 Å². The van der Waals surface area contributed by atoms with Crippen molar-refractivity contribution in [1.29, 1.82) is 0 Å². The third kappa shape index (κ3) is 3.74. The summed E-state index contributed by atoms with van der Waals surface area (Å²) in [5.74, 6) is 2.46. The normalized spacial score (nSPS) is 14.0. The fourth-order valence-electron chi connectivity index (χ4n) is 1.88. The summed E-state index contributed by atoms with van der Waals surface area (Å²) in [6.45, 7) is 0.700. The predicted octanol–water partition coefficient (Wildman–Crippen LogP) is 5.16. The van der Waals surface area contributed by atoms with E-state index in [2.05, 4.69) is 0 Å². The van der Waals surface area contributed by atoms with Crippen molar-refractivity contribution in [2.45, 2.75) is 12.8 Å². The highest BCUT2D eigenvalue weighted by Crippen LogP contribution is 2.36. The van der Waals surface area contributed by atoms with Crippen LogP contribution < -0.4 is 15.2 Å². The molecule has 2 aromatic rings. The van der Waals surface area contributed by atoms with Gasteiger partial charge in [-0.2, -0.15) is 0 Å². The smallest absolute Gasteiger partial charge is 0.146 e. The summed E-state index contributed by atoms with van der Waals surface area (Å²) in [6.07, 6.45) is 2.46. The molecule has 0 spiro atoms. The summed E-state index contributed by atoms with van der Waals surface area (Å²) in [5.41, 5.74) is 6.26. The van der Waals surface area contributed by atoms with E-state index in [4.69, 9.17) is 38.4 Å². The maximum Gasteiger partial charge on any atom is 0.146 e. The standard InChI is InChI=1S/C16H15Cl2NO2/c17-13-5-4-12(8-16(13)20-9-10-1-2-10)21-15-6-3-11(19)7-14(15)18/h3-8,10H,1-2,9,19H2. The third-order valence-corrected chi connectivity index (χ3v) is 3.87. The van der Waals surface area contributed by atoms with Crippen molar-refractivity contribution >= 4 is 28.9 Å². The molecule has 3 nitrogen and oxygen atoms in total. The predicted molar refractivity (Wildman–Crippen MR) is 85.6 cm³/mol. The second kappa shape index (κ2) is 6.04. The monoisotopic (exact) mass is 323 g/mol. The van der Waals surface area contributed by atoms with Crippen molar-refractivity contribution in [1.82, 2.24) is 0 Å². The van der Waals surface area contributed by atoms with Crippen LogP contribution >= 0.6 is 23.2 Å². The summed E-state index contributed by atoms with van der Waals surface area (Å²) < 4.78 is 11.5. The quantitative estimate of drug-likeness (QED) is 0.773. The lowest BCUT2D eigenvalue weighted by molar-refractivity contribution is 0.298. The molecular weight excluding hydrogens is 309 g/mol. The van der Waals surface area contributed by atoms with E-state index in [1.807, 2.05) is 0 Å². The van der Waals surface area contributed by atoms with Crippen molar-refractivity contribution < 1.29 is 9.47 Å². The summed E-state index contributed by atoms with van der Waals surface area (Å²) in [4.78, 5) is 0. The summed E-state index contributed by atoms with van der Waals surface area (Å²) in [7, 11) is 0. The number of hydrogen-bond acceptors (Lipinski definition) is 3. The maximum atomic E-state index is 6.13. The van der Waals surface area contributed by atoms with Crippen LogP contribution in [0.5, 0.6) is 17.2 Å². The van der Waals surface area contributed by atoms with Crippen LogP contribution in [0.3, 0.4) is 0 Å². The molecule has 0 aliphatic heterocycles. The number of halogens is 2. The molecule has 1 aliphatic rings. The van der Waals surface area contributed by atoms with Crippen LogP contribution in [-0.2, 0) is 0 Å². The van der Waals surface area contributed by atoms with Gasteiger partial charge in [0.1, 0.15) is 17.2 Å². The number of benzene rings is 2. The molecule has 0 amide bonds. The highest BCUT2D eigenvalue weighted by Gasteiger charge is 2.22. The molecule has 0 bridgehead atoms. The van der Waals surface area contributed by atoms with Crippen molar-refractivity contribution in [3.05, 3.63) is 46.4 Å². The lowest BCUT2D eigenvalue weighted by Gasteiger charge is -2.11. The first-order valence-corrected chi connectivity index (χ1v) is 7.52. The zero-order valence-electron chi connectivity index (χ0n) is 11.3. The summed E-state index contributed by atoms with van der Waals surface area (Å²) >= 11 is 12.2. The van der Waals surface area contributed by atoms with Gasteiger partial charge in [-0.3, -0.25) is 0 Å². The number of nitrogens with two attached hydrogens (primary N) is 1. The number of nitrogen functional groups attached to an aromatic ring is 1. The molecule has 2 aromatic carbocycles. The Kier molecular flexibility index (Phi) is 4.13. The second-order valence-electron chi connectivity index (χ2n) is 5.14. The molecule has 110 valence electrons. The zero-order valence-corrected chi connectivity index (χ0v) is 12.8. The Morgan fingerprint density at radius 1 is 1.00 bits per heavy atom. The summed E-state index contributed by atoms with van der Waals surface area (Å²) in [6, 6.07) is 10.4. The number of rotatable bonds is 5. The second-order valence-corrected chi connectivity index (χ2v) is 5.95. The Morgan fingerprint density at radius 3 is 2.52 bits per heavy atom. The van der Waals surface area contributed by atoms with Crippen LogP contribution in [0.2, 0.25) is 10.0 Å². The van der Waals surface area contributed by atoms with Gasteiger partial charge in [-0.1, -0.05) is 23.2 Å². The van der Waals surface area contributed by atoms with Gasteiger partial charge in [0, 0.05) is 11.8 Å². The molecule has 0 saturated heterocycles. The Bertz CT molecular complexity index is 657. The average Bonchev–Trinajstić information content (AvgIpc) is 3.26. The Balaban J connectivity index is 1.76. The molecule has 0 radical (unpaired) electrons. The number of ether oxygens (including phenoxy) is 2. The molecule has 1 saturated carbocycles. The molecule has 0 heterocycles. The van der Waals surface area contributed by atoms with E-state index < -0.39 is 0 Å². The minimum absolute atomic E-state index is 0.463. The van der Waals surface area contributed by atoms with E-state index in [0.29, 0.717) is 45.5 Å². The number of hydrogen-bond donors (Lipinski definition) is 1. The topological polar surface area (TPSA) is 44.5 Å². The fraction of sp³-hybridized carbons (Fsp3) is 0.250. The minimum atomic E-state index is 0.463. The van der Waals surface area contributed by atoms with Crippen LogP contribution in [0.4, 0.5) is 5.69 Å². The lowest BCUT2D eigenvalue weighted by atomic mass is 10.3. The van der Waals surface area contributed by atoms with E-state index in [-0.39, 0.29) is 0 Å². The molecule has 5 heteroatoms. The average molecular weight is 324 g/mol. The molecule has 0 aromatic heterocycles. The highest BCUT2D eigenvalue weighted by atomic mass is 35.5. The minimum Gasteiger partial charge on any atom is -0.492 e. The molecule has 1 aliphatic carbocycles. The van der Waals surface area contributed by atoms with E-state index in [0.717, 1.165) is 0 Å². The molecule has 2 N–H and O–H groups in total. The first-order chi connectivity index (χ1) is 10.1. The van der Waals surface area contributed by atoms with Crippen LogP contribution in [0.25, 0.3) is 0 Å². The van der Waals surface area contributed by atoms with Gasteiger partial charge in [0.05, 0.1) is 16.7 Å². The maximum absolute atomic E-state index is 6.13. The Labute approximate surface area is 133 Å². The SMILES string of the molecule is Nc1ccc(Oc2ccc(Cl)c(OCC3CC3)c2)c(Cl)c1. The molecule has 3 rings (SSSR count). The van der Waals surface area contributed by atoms with E-state index in [1.165, 1.54) is 12.8 Å². The van der Waals surface area contributed by atoms with Gasteiger partial charge in [0.2, 0.25) is 0 Å². The highest BCUT2D eigenvalue weighted by molar-refractivity contribution is 6.32. The zero-order chi connectivity index (χ0) is 14.8. The first-order valence-electron chi connectivity index (χ1n) is 6.77. The fourth-order valence-corrected chi connectivity index (χ4v) is 2.28. The van der Waals surface area contributed by atoms with E-state index in [9.17, 15) is 0 Å². The van der Waals surface area contributed by atoms with Crippen LogP contribution in [-0.4, -0.2) is 6.61 Å². The van der Waals surface area contributed by atoms with Gasteiger partial charge in [-0.25, -0.2) is 0 Å². The van der Waals surface area contributed by atoms with Crippen molar-refractivity contribution in [2.24, 2.45) is 5.92 Å². The molecule has 0 unspecified atom stereocenters. The van der Waals surface area contributed by atoms with Crippen LogP contribution in [0, 0.1) is 5.92 Å². The van der Waals surface area contributed by atoms with Gasteiger partial charge in [-0.05, 0) is 49.1 Å². The molecule has 21 heavy (non-hydrogen) atoms.